The first kappa shape index (κ1) is 103. The highest BCUT2D eigenvalue weighted by Crippen LogP contribution is 2.45. The molecular weight excluding hydrogens is 1400 g/mol. The van der Waals surface area contributed by atoms with Crippen LogP contribution < -0.4 is 0 Å². The smallest absolute Gasteiger partial charge is 0.462 e. The van der Waals surface area contributed by atoms with E-state index in [1.165, 1.54) is 64.2 Å². The molecule has 17 nitrogen and oxygen atoms in total. The number of hydrogen-bond acceptors (Lipinski definition) is 15. The second-order valence-corrected chi connectivity index (χ2v) is 30.2. The number of allylic oxidation sites excluding steroid dienone is 26. The summed E-state index contributed by atoms with van der Waals surface area (Å²) < 4.78 is 68.6. The van der Waals surface area contributed by atoms with Gasteiger partial charge in [-0.1, -0.05) is 288 Å². The molecule has 616 valence electrons. The molecule has 0 fully saturated rings. The summed E-state index contributed by atoms with van der Waals surface area (Å²) in [5.41, 5.74) is 0. The Morgan fingerprint density at radius 2 is 0.500 bits per heavy atom. The molecule has 3 N–H and O–H groups in total. The van der Waals surface area contributed by atoms with Crippen LogP contribution in [0.4, 0.5) is 0 Å². The van der Waals surface area contributed by atoms with Gasteiger partial charge in [0.2, 0.25) is 0 Å². The predicted octanol–water partition coefficient (Wildman–Crippen LogP) is 24.8. The zero-order valence-electron chi connectivity index (χ0n) is 67.5. The Labute approximate surface area is 655 Å². The molecule has 0 radical (unpaired) electrons. The standard InChI is InChI=1S/C89H148O17P2/c1-5-9-13-17-21-25-29-33-37-39-41-43-47-50-54-58-62-66-70-74-87(92)100-80-84(105-88(93)75-71-67-63-59-55-51-46-36-32-28-24-20-16-12-8-4)81-103-107(95,96)101-77-83(90)78-102-108(97,98)104-82-85(79-99-86(91)73-69-65-61-57-53-49-45-35-31-27-23-19-15-11-7-3)106-89(94)76-72-68-64-60-56-52-48-44-42-40-38-34-30-26-22-18-14-10-6-2/h9,13,21-23,25-28,32-35,37-38,41-45,50,52,54,56,64,68,83-85,90H,5-8,10-12,14-20,24,29-31,36,39-40,46-49,51,53,55,57-63,65-67,69-82H2,1-4H3,(H,95,96)(H,97,98)/b13-9-,25-21-,26-22-,27-23-,32-28-,37-33-,38-34-,43-41-,44-42-,45-35-,54-50-,56-52-,68-64-/t83-,84-,85-/m1/s1. The molecule has 5 atom stereocenters. The van der Waals surface area contributed by atoms with Crippen LogP contribution in [-0.4, -0.2) is 96.7 Å². The highest BCUT2D eigenvalue weighted by molar-refractivity contribution is 7.47. The summed E-state index contributed by atoms with van der Waals surface area (Å²) in [5, 5.41) is 10.7. The number of phosphoric acid groups is 2. The molecule has 0 aliphatic carbocycles. The van der Waals surface area contributed by atoms with Gasteiger partial charge in [0.1, 0.15) is 19.3 Å². The van der Waals surface area contributed by atoms with Crippen LogP contribution >= 0.6 is 15.6 Å². The van der Waals surface area contributed by atoms with Crippen LogP contribution in [0.2, 0.25) is 0 Å². The first-order valence-electron chi connectivity index (χ1n) is 41.7. The van der Waals surface area contributed by atoms with Gasteiger partial charge < -0.3 is 33.8 Å². The maximum Gasteiger partial charge on any atom is 0.472 e. The van der Waals surface area contributed by atoms with E-state index < -0.39 is 97.5 Å². The molecule has 0 rings (SSSR count). The Balaban J connectivity index is 5.49. The molecule has 0 aliphatic rings. The fraction of sp³-hybridized carbons (Fsp3) is 0.663. The summed E-state index contributed by atoms with van der Waals surface area (Å²) in [4.78, 5) is 73.1. The minimum Gasteiger partial charge on any atom is -0.462 e. The second kappa shape index (κ2) is 79.8. The van der Waals surface area contributed by atoms with E-state index in [2.05, 4.69) is 167 Å². The van der Waals surface area contributed by atoms with Crippen LogP contribution in [0.25, 0.3) is 0 Å². The summed E-state index contributed by atoms with van der Waals surface area (Å²) in [6.07, 6.45) is 93.7. The Morgan fingerprint density at radius 3 is 0.833 bits per heavy atom. The third-order valence-electron chi connectivity index (χ3n) is 17.0. The van der Waals surface area contributed by atoms with E-state index in [9.17, 15) is 43.2 Å². The fourth-order valence-electron chi connectivity index (χ4n) is 10.6. The van der Waals surface area contributed by atoms with Crippen molar-refractivity contribution in [2.45, 2.75) is 341 Å². The van der Waals surface area contributed by atoms with Gasteiger partial charge in [0.05, 0.1) is 26.4 Å². The van der Waals surface area contributed by atoms with Gasteiger partial charge in [0.25, 0.3) is 0 Å². The minimum absolute atomic E-state index is 0.0364. The average molecular weight is 1550 g/mol. The zero-order valence-corrected chi connectivity index (χ0v) is 69.3. The molecule has 0 aromatic heterocycles. The molecule has 0 spiro atoms. The summed E-state index contributed by atoms with van der Waals surface area (Å²) in [6, 6.07) is 0. The van der Waals surface area contributed by atoms with Crippen LogP contribution in [0, 0.1) is 0 Å². The molecule has 0 saturated heterocycles. The first-order chi connectivity index (χ1) is 52.7. The van der Waals surface area contributed by atoms with Crippen LogP contribution in [0.3, 0.4) is 0 Å². The minimum atomic E-state index is -5.01. The number of esters is 4. The molecule has 2 unspecified atom stereocenters. The van der Waals surface area contributed by atoms with Crippen LogP contribution in [-0.2, 0) is 65.4 Å². The molecule has 0 bridgehead atoms. The molecule has 0 aromatic carbocycles. The average Bonchev–Trinajstić information content (AvgIpc) is 0.914. The Hall–Kier alpha value is -5.32. The Kier molecular flexibility index (Phi) is 75.8. The van der Waals surface area contributed by atoms with E-state index in [1.807, 2.05) is 18.2 Å². The number of ether oxygens (including phenoxy) is 4. The van der Waals surface area contributed by atoms with Crippen LogP contribution in [0.1, 0.15) is 323 Å². The Bertz CT molecular complexity index is 2660. The highest BCUT2D eigenvalue weighted by Gasteiger charge is 2.30. The molecule has 108 heavy (non-hydrogen) atoms. The number of phosphoric ester groups is 2. The summed E-state index contributed by atoms with van der Waals surface area (Å²) in [6.45, 7) is 4.56. The third-order valence-corrected chi connectivity index (χ3v) is 18.9. The summed E-state index contributed by atoms with van der Waals surface area (Å²) >= 11 is 0. The predicted molar refractivity (Wildman–Crippen MR) is 445 cm³/mol. The SMILES string of the molecule is CC/C=C\C/C=C\C/C=C\C/C=C\C/C=C\CCCCCC(=O)OC[C@H](COP(=O)(O)OC[C@@H](O)COP(=O)(O)OC[C@@H](COC(=O)CCCCCCC/C=C\C/C=C\CCCCC)OC(=O)CC/C=C\C/C=C\C/C=C\C/C=C\C/C=C\CCCCC)OC(=O)CCCCCCCCC/C=C\CCCCCC. The van der Waals surface area contributed by atoms with E-state index in [0.717, 1.165) is 173 Å². The van der Waals surface area contributed by atoms with Crippen molar-refractivity contribution in [1.82, 2.24) is 0 Å². The lowest BCUT2D eigenvalue weighted by atomic mass is 10.1. The molecule has 0 amide bonds. The van der Waals surface area contributed by atoms with E-state index in [1.54, 1.807) is 0 Å². The molecule has 0 heterocycles. The van der Waals surface area contributed by atoms with Gasteiger partial charge >= 0.3 is 39.5 Å². The summed E-state index contributed by atoms with van der Waals surface area (Å²) in [7, 11) is -10.0. The van der Waals surface area contributed by atoms with Gasteiger partial charge in [-0.05, 0) is 167 Å². The van der Waals surface area contributed by atoms with Crippen molar-refractivity contribution in [3.63, 3.8) is 0 Å². The van der Waals surface area contributed by atoms with Crippen molar-refractivity contribution in [1.29, 1.82) is 0 Å². The van der Waals surface area contributed by atoms with E-state index in [-0.39, 0.29) is 25.7 Å². The largest absolute Gasteiger partial charge is 0.472 e. The number of carbonyl (C=O) groups excluding carboxylic acids is 4. The number of aliphatic hydroxyl groups is 1. The van der Waals surface area contributed by atoms with Crippen molar-refractivity contribution in [2.24, 2.45) is 0 Å². The number of rotatable bonds is 77. The van der Waals surface area contributed by atoms with Crippen molar-refractivity contribution >= 4 is 39.5 Å². The van der Waals surface area contributed by atoms with Gasteiger partial charge in [0.15, 0.2) is 12.2 Å². The topological polar surface area (TPSA) is 237 Å². The van der Waals surface area contributed by atoms with Crippen LogP contribution in [0.5, 0.6) is 0 Å². The van der Waals surface area contributed by atoms with Crippen molar-refractivity contribution in [3.8, 4) is 0 Å². The number of unbranched alkanes of at least 4 members (excludes halogenated alkanes) is 25. The first-order valence-corrected chi connectivity index (χ1v) is 44.7. The van der Waals surface area contributed by atoms with E-state index in [4.69, 9.17) is 37.0 Å². The normalized spacial score (nSPS) is 14.6. The van der Waals surface area contributed by atoms with E-state index in [0.29, 0.717) is 32.1 Å². The monoisotopic (exact) mass is 1550 g/mol. The second-order valence-electron chi connectivity index (χ2n) is 27.3. The van der Waals surface area contributed by atoms with Crippen molar-refractivity contribution < 1.29 is 80.2 Å². The lowest BCUT2D eigenvalue weighted by Gasteiger charge is -2.21. The fourth-order valence-corrected chi connectivity index (χ4v) is 12.2. The molecule has 0 aromatic rings. The molecule has 0 saturated carbocycles. The maximum absolute atomic E-state index is 13.1. The summed E-state index contributed by atoms with van der Waals surface area (Å²) in [5.74, 6) is -2.33. The van der Waals surface area contributed by atoms with Crippen molar-refractivity contribution in [3.05, 3.63) is 158 Å². The van der Waals surface area contributed by atoms with Gasteiger partial charge in [-0.25, -0.2) is 9.13 Å². The molecular formula is C89H148O17P2. The van der Waals surface area contributed by atoms with Gasteiger partial charge in [-0.3, -0.25) is 37.3 Å². The number of hydrogen-bond donors (Lipinski definition) is 3. The highest BCUT2D eigenvalue weighted by atomic mass is 31.2. The lowest BCUT2D eigenvalue weighted by Crippen LogP contribution is -2.30. The molecule has 0 aliphatic heterocycles. The third kappa shape index (κ3) is 78.8. The molecule has 19 heteroatoms. The van der Waals surface area contributed by atoms with Crippen molar-refractivity contribution in [2.75, 3.05) is 39.6 Å². The lowest BCUT2D eigenvalue weighted by molar-refractivity contribution is -0.161. The van der Waals surface area contributed by atoms with Crippen LogP contribution in [0.15, 0.2) is 158 Å². The van der Waals surface area contributed by atoms with Gasteiger partial charge in [-0.2, -0.15) is 0 Å². The quantitative estimate of drug-likeness (QED) is 0.0169. The number of carbonyl (C=O) groups is 4. The number of aliphatic hydroxyl groups excluding tert-OH is 1. The zero-order chi connectivity index (χ0) is 78.9. The van der Waals surface area contributed by atoms with Gasteiger partial charge in [-0.15, -0.1) is 0 Å². The van der Waals surface area contributed by atoms with Gasteiger partial charge in [0, 0.05) is 25.7 Å². The van der Waals surface area contributed by atoms with E-state index >= 15 is 0 Å². The maximum atomic E-state index is 13.1. The Morgan fingerprint density at radius 1 is 0.269 bits per heavy atom.